The van der Waals surface area contributed by atoms with E-state index in [1.807, 2.05) is 0 Å². The fourth-order valence-electron chi connectivity index (χ4n) is 6.98. The predicted molar refractivity (Wildman–Crippen MR) is 220 cm³/mol. The monoisotopic (exact) mass is 790 g/mol. The minimum absolute atomic E-state index is 0.0487. The van der Waals surface area contributed by atoms with E-state index in [0.29, 0.717) is 51.6 Å². The van der Waals surface area contributed by atoms with Gasteiger partial charge in [0.05, 0.1) is 6.61 Å². The number of aliphatic hydroxyl groups is 6. The Morgan fingerprint density at radius 3 is 1.35 bits per heavy atom. The van der Waals surface area contributed by atoms with Gasteiger partial charge in [-0.1, -0.05) is 162 Å². The Kier molecular flexibility index (Phi) is 34.9. The highest BCUT2D eigenvalue weighted by molar-refractivity contribution is 5.74. The van der Waals surface area contributed by atoms with Gasteiger partial charge in [0.1, 0.15) is 6.10 Å². The number of carbonyl (C=O) groups excluding carboxylic acids is 2. The van der Waals surface area contributed by atoms with Crippen molar-refractivity contribution in [3.63, 3.8) is 0 Å². The molecule has 1 atom stereocenters. The van der Waals surface area contributed by atoms with Crippen LogP contribution in [0.15, 0.2) is 0 Å². The highest BCUT2D eigenvalue weighted by Crippen LogP contribution is 2.23. The Morgan fingerprint density at radius 2 is 0.891 bits per heavy atom. The number of hydrogen-bond acceptors (Lipinski definition) is 11. The lowest BCUT2D eigenvalue weighted by Crippen LogP contribution is -2.65. The van der Waals surface area contributed by atoms with Crippen LogP contribution in [-0.4, -0.2) is 91.3 Å². The molecular formula is C44H87NO10. The zero-order valence-corrected chi connectivity index (χ0v) is 35.7. The Balaban J connectivity index is 4.49. The van der Waals surface area contributed by atoms with Crippen LogP contribution in [0.1, 0.15) is 226 Å². The smallest absolute Gasteiger partial charge is 0.349 e. The Bertz CT molecular complexity index is 865. The van der Waals surface area contributed by atoms with E-state index < -0.39 is 24.0 Å². The number of ether oxygens (including phenoxy) is 2. The van der Waals surface area contributed by atoms with E-state index in [9.17, 15) is 40.2 Å². The lowest BCUT2D eigenvalue weighted by Gasteiger charge is -2.39. The molecular weight excluding hydrogens is 702 g/mol. The molecule has 0 saturated heterocycles. The maximum Gasteiger partial charge on any atom is 0.349 e. The SMILES string of the molecule is CCCCCCCCCCCOC(=O)CCCCCN(CCCCCCC(O)C(=O)OC(CCCCCCCC)CCCCCCCC)C(O)(O)C(O)(O)O. The molecule has 0 radical (unpaired) electrons. The molecule has 11 heteroatoms. The zero-order chi connectivity index (χ0) is 41.0. The summed E-state index contributed by atoms with van der Waals surface area (Å²) in [5.41, 5.74) is 0. The first-order valence-corrected chi connectivity index (χ1v) is 22.8. The van der Waals surface area contributed by atoms with Crippen molar-refractivity contribution in [1.82, 2.24) is 4.90 Å². The molecule has 1 unspecified atom stereocenters. The van der Waals surface area contributed by atoms with Gasteiger partial charge in [-0.3, -0.25) is 4.79 Å². The molecule has 0 rings (SSSR count). The van der Waals surface area contributed by atoms with E-state index in [2.05, 4.69) is 20.8 Å². The van der Waals surface area contributed by atoms with Crippen LogP contribution in [0.25, 0.3) is 0 Å². The number of esters is 2. The van der Waals surface area contributed by atoms with Gasteiger partial charge in [-0.15, -0.1) is 0 Å². The second kappa shape index (κ2) is 35.8. The fraction of sp³-hybridized carbons (Fsp3) is 0.955. The number of aliphatic hydroxyl groups excluding tert-OH is 1. The lowest BCUT2D eigenvalue weighted by molar-refractivity contribution is -0.486. The third kappa shape index (κ3) is 30.4. The van der Waals surface area contributed by atoms with Crippen LogP contribution >= 0.6 is 0 Å². The van der Waals surface area contributed by atoms with Crippen molar-refractivity contribution in [2.45, 2.75) is 250 Å². The van der Waals surface area contributed by atoms with Crippen molar-refractivity contribution < 1.29 is 49.7 Å². The summed E-state index contributed by atoms with van der Waals surface area (Å²) in [6.45, 7) is 7.15. The molecule has 0 aromatic rings. The van der Waals surface area contributed by atoms with Gasteiger partial charge in [0.15, 0.2) is 6.10 Å². The molecule has 328 valence electrons. The number of unbranched alkanes of at least 4 members (excludes halogenated alkanes) is 23. The third-order valence-corrected chi connectivity index (χ3v) is 10.7. The summed E-state index contributed by atoms with van der Waals surface area (Å²) in [6, 6.07) is 0. The Labute approximate surface area is 336 Å². The van der Waals surface area contributed by atoms with Crippen molar-refractivity contribution in [1.29, 1.82) is 0 Å². The maximum atomic E-state index is 12.8. The first-order chi connectivity index (χ1) is 26.4. The quantitative estimate of drug-likeness (QED) is 0.0198. The summed E-state index contributed by atoms with van der Waals surface area (Å²) in [6.07, 6.45) is 29.5. The molecule has 0 fully saturated rings. The summed E-state index contributed by atoms with van der Waals surface area (Å²) >= 11 is 0. The largest absolute Gasteiger partial charge is 0.466 e. The molecule has 0 aliphatic carbocycles. The summed E-state index contributed by atoms with van der Waals surface area (Å²) in [5.74, 6) is -7.85. The van der Waals surface area contributed by atoms with Crippen LogP contribution < -0.4 is 0 Å². The van der Waals surface area contributed by atoms with E-state index in [-0.39, 0.29) is 38.0 Å². The van der Waals surface area contributed by atoms with Crippen molar-refractivity contribution in [3.8, 4) is 0 Å². The van der Waals surface area contributed by atoms with Gasteiger partial charge in [0.2, 0.25) is 0 Å². The molecule has 0 aliphatic rings. The molecule has 0 aliphatic heterocycles. The van der Waals surface area contributed by atoms with Gasteiger partial charge in [-0.25, -0.2) is 9.69 Å². The van der Waals surface area contributed by atoms with E-state index in [0.717, 1.165) is 62.7 Å². The summed E-state index contributed by atoms with van der Waals surface area (Å²) in [4.78, 5) is 25.9. The van der Waals surface area contributed by atoms with E-state index in [4.69, 9.17) is 9.47 Å². The summed E-state index contributed by atoms with van der Waals surface area (Å²) in [5, 5.41) is 60.2. The predicted octanol–water partition coefficient (Wildman–Crippen LogP) is 8.92. The minimum atomic E-state index is -3.75. The molecule has 0 saturated carbocycles. The van der Waals surface area contributed by atoms with Crippen LogP contribution in [-0.2, 0) is 19.1 Å². The minimum Gasteiger partial charge on any atom is -0.466 e. The highest BCUT2D eigenvalue weighted by Gasteiger charge is 2.51. The van der Waals surface area contributed by atoms with Crippen LogP contribution in [0, 0.1) is 0 Å². The molecule has 0 aromatic heterocycles. The van der Waals surface area contributed by atoms with Gasteiger partial charge in [0, 0.05) is 19.5 Å². The van der Waals surface area contributed by atoms with E-state index in [1.54, 1.807) is 0 Å². The van der Waals surface area contributed by atoms with E-state index in [1.165, 1.54) is 89.9 Å². The van der Waals surface area contributed by atoms with Crippen molar-refractivity contribution in [2.75, 3.05) is 19.7 Å². The number of rotatable bonds is 41. The molecule has 0 amide bonds. The standard InChI is InChI=1S/C44H87NO10/c1-4-7-10-13-16-17-18-23-31-38-54-41(47)35-28-24-30-37-45(43(49,50)44(51,52)53)36-29-22-21-27-34-40(46)42(48)55-39(32-25-19-14-11-8-5-2)33-26-20-15-12-9-6-3/h39-40,46,49-53H,4-38H2,1-3H3. The first kappa shape index (κ1) is 53.7. The molecule has 6 N–H and O–H groups in total. The molecule has 0 spiro atoms. The third-order valence-electron chi connectivity index (χ3n) is 10.7. The number of carbonyl (C=O) groups is 2. The second-order valence-electron chi connectivity index (χ2n) is 16.0. The van der Waals surface area contributed by atoms with Crippen LogP contribution in [0.4, 0.5) is 0 Å². The average molecular weight is 790 g/mol. The topological polar surface area (TPSA) is 177 Å². The molecule has 0 aromatic carbocycles. The molecule has 0 heterocycles. The Morgan fingerprint density at radius 1 is 0.509 bits per heavy atom. The van der Waals surface area contributed by atoms with Gasteiger partial charge in [-0.05, 0) is 57.8 Å². The Hall–Kier alpha value is -1.34. The van der Waals surface area contributed by atoms with Gasteiger partial charge >= 0.3 is 23.8 Å². The normalized spacial score (nSPS) is 12.9. The molecule has 11 nitrogen and oxygen atoms in total. The fourth-order valence-corrected chi connectivity index (χ4v) is 6.98. The van der Waals surface area contributed by atoms with Gasteiger partial charge in [-0.2, -0.15) is 0 Å². The van der Waals surface area contributed by atoms with Crippen LogP contribution in [0.3, 0.4) is 0 Å². The van der Waals surface area contributed by atoms with Gasteiger partial charge < -0.3 is 40.1 Å². The summed E-state index contributed by atoms with van der Waals surface area (Å²) < 4.78 is 11.2. The van der Waals surface area contributed by atoms with E-state index >= 15 is 0 Å². The maximum absolute atomic E-state index is 12.8. The van der Waals surface area contributed by atoms with Crippen molar-refractivity contribution >= 4 is 11.9 Å². The van der Waals surface area contributed by atoms with Gasteiger partial charge in [0.25, 0.3) is 0 Å². The van der Waals surface area contributed by atoms with Crippen LogP contribution in [0.5, 0.6) is 0 Å². The summed E-state index contributed by atoms with van der Waals surface area (Å²) in [7, 11) is 0. The lowest BCUT2D eigenvalue weighted by atomic mass is 10.0. The number of hydrogen-bond donors (Lipinski definition) is 6. The highest BCUT2D eigenvalue weighted by atomic mass is 16.7. The number of nitrogens with zero attached hydrogens (tertiary/aromatic N) is 1. The zero-order valence-electron chi connectivity index (χ0n) is 35.7. The average Bonchev–Trinajstić information content (AvgIpc) is 3.14. The van der Waals surface area contributed by atoms with Crippen LogP contribution in [0.2, 0.25) is 0 Å². The van der Waals surface area contributed by atoms with Crippen molar-refractivity contribution in [2.24, 2.45) is 0 Å². The molecule has 0 bridgehead atoms. The molecule has 55 heavy (non-hydrogen) atoms. The first-order valence-electron chi connectivity index (χ1n) is 22.8. The van der Waals surface area contributed by atoms with Crippen molar-refractivity contribution in [3.05, 3.63) is 0 Å². The second-order valence-corrected chi connectivity index (χ2v) is 16.0.